The van der Waals surface area contributed by atoms with Crippen LogP contribution in [0.15, 0.2) is 36.1 Å². The van der Waals surface area contributed by atoms with E-state index in [1.165, 1.54) is 6.08 Å². The minimum Gasteiger partial charge on any atom is -0.483 e. The highest BCUT2D eigenvalue weighted by Gasteiger charge is 2.53. The molecular weight excluding hydrogens is 324 g/mol. The summed E-state index contributed by atoms with van der Waals surface area (Å²) in [6.45, 7) is 12.5. The van der Waals surface area contributed by atoms with Crippen molar-refractivity contribution in [2.24, 2.45) is 11.8 Å². The van der Waals surface area contributed by atoms with Crippen molar-refractivity contribution in [2.45, 2.75) is 51.4 Å². The van der Waals surface area contributed by atoms with Gasteiger partial charge < -0.3 is 14.2 Å². The minimum absolute atomic E-state index is 0.104. The number of esters is 2. The predicted octanol–water partition coefficient (Wildman–Crippen LogP) is 2.24. The second-order valence-corrected chi connectivity index (χ2v) is 7.30. The van der Waals surface area contributed by atoms with E-state index in [1.54, 1.807) is 13.8 Å². The van der Waals surface area contributed by atoms with E-state index in [1.807, 2.05) is 6.92 Å². The van der Waals surface area contributed by atoms with E-state index in [0.717, 1.165) is 0 Å². The van der Waals surface area contributed by atoms with Gasteiger partial charge in [-0.3, -0.25) is 4.79 Å². The van der Waals surface area contributed by atoms with E-state index in [0.29, 0.717) is 12.2 Å². The average Bonchev–Trinajstić information content (AvgIpc) is 2.96. The molecule has 0 aromatic heterocycles. The van der Waals surface area contributed by atoms with Crippen LogP contribution in [0.25, 0.3) is 0 Å². The first-order chi connectivity index (χ1) is 11.6. The summed E-state index contributed by atoms with van der Waals surface area (Å²) in [6.07, 6.45) is 0.842. The maximum absolute atomic E-state index is 12.5. The maximum Gasteiger partial charge on any atom is 0.334 e. The zero-order chi connectivity index (χ0) is 18.5. The smallest absolute Gasteiger partial charge is 0.334 e. The Balaban J connectivity index is 2.01. The van der Waals surface area contributed by atoms with Crippen molar-refractivity contribution in [3.05, 3.63) is 36.1 Å². The zero-order valence-corrected chi connectivity index (χ0v) is 14.7. The molecule has 0 saturated carbocycles. The van der Waals surface area contributed by atoms with Gasteiger partial charge in [-0.15, -0.1) is 0 Å². The minimum atomic E-state index is -1.13. The molecule has 6 nitrogen and oxygen atoms in total. The number of carbonyl (C=O) groups is 3. The summed E-state index contributed by atoms with van der Waals surface area (Å²) in [5, 5.41) is 0. The molecule has 0 aromatic carbocycles. The SMILES string of the molecule is C=C(C)C(=O)O[C@@H]1C[C@@]2(C)OC(=CC2=O)[C@H](C)C[C@H]2OC(=O)C(=C)[C@@H]12. The number of hydrogen-bond donors (Lipinski definition) is 0. The molecular formula is C19H22O6. The van der Waals surface area contributed by atoms with E-state index in [-0.39, 0.29) is 29.3 Å². The van der Waals surface area contributed by atoms with E-state index in [9.17, 15) is 14.4 Å². The highest BCUT2D eigenvalue weighted by atomic mass is 16.6. The predicted molar refractivity (Wildman–Crippen MR) is 88.2 cm³/mol. The Bertz CT molecular complexity index is 717. The normalized spacial score (nSPS) is 37.1. The van der Waals surface area contributed by atoms with Crippen molar-refractivity contribution in [1.29, 1.82) is 0 Å². The average molecular weight is 346 g/mol. The van der Waals surface area contributed by atoms with Crippen molar-refractivity contribution >= 4 is 17.7 Å². The third-order valence-corrected chi connectivity index (χ3v) is 5.13. The lowest BCUT2D eigenvalue weighted by Crippen LogP contribution is -2.43. The zero-order valence-electron chi connectivity index (χ0n) is 14.7. The van der Waals surface area contributed by atoms with Crippen LogP contribution in [-0.4, -0.2) is 35.5 Å². The molecule has 0 aliphatic carbocycles. The Kier molecular flexibility index (Phi) is 4.09. The fraction of sp³-hybridized carbons (Fsp3) is 0.526. The van der Waals surface area contributed by atoms with E-state index in [2.05, 4.69) is 13.2 Å². The lowest BCUT2D eigenvalue weighted by molar-refractivity contribution is -0.153. The topological polar surface area (TPSA) is 78.9 Å². The van der Waals surface area contributed by atoms with Gasteiger partial charge in [0, 0.05) is 29.6 Å². The number of ketones is 1. The number of fused-ring (bicyclic) bond motifs is 3. The first kappa shape index (κ1) is 17.5. The van der Waals surface area contributed by atoms with Crippen LogP contribution in [0.3, 0.4) is 0 Å². The molecule has 3 aliphatic rings. The van der Waals surface area contributed by atoms with Gasteiger partial charge in [0.25, 0.3) is 0 Å². The number of carbonyl (C=O) groups excluding carboxylic acids is 3. The molecule has 0 aromatic rings. The Morgan fingerprint density at radius 2 is 2.08 bits per heavy atom. The molecule has 134 valence electrons. The first-order valence-corrected chi connectivity index (χ1v) is 8.33. The summed E-state index contributed by atoms with van der Waals surface area (Å²) in [6, 6.07) is 0. The lowest BCUT2D eigenvalue weighted by atomic mass is 9.80. The molecule has 3 aliphatic heterocycles. The molecule has 0 N–H and O–H groups in total. The van der Waals surface area contributed by atoms with Crippen LogP contribution >= 0.6 is 0 Å². The van der Waals surface area contributed by atoms with Crippen molar-refractivity contribution < 1.29 is 28.6 Å². The van der Waals surface area contributed by atoms with Gasteiger partial charge in [-0.05, 0) is 20.3 Å². The second kappa shape index (κ2) is 5.86. The van der Waals surface area contributed by atoms with E-state index in [4.69, 9.17) is 14.2 Å². The second-order valence-electron chi connectivity index (χ2n) is 7.30. The fourth-order valence-electron chi connectivity index (χ4n) is 3.64. The molecule has 0 radical (unpaired) electrons. The van der Waals surface area contributed by atoms with Crippen LogP contribution in [-0.2, 0) is 28.6 Å². The van der Waals surface area contributed by atoms with Gasteiger partial charge >= 0.3 is 11.9 Å². The Hall–Kier alpha value is -2.37. The van der Waals surface area contributed by atoms with Crippen LogP contribution in [0.2, 0.25) is 0 Å². The molecule has 6 heteroatoms. The molecule has 0 unspecified atom stereocenters. The fourth-order valence-corrected chi connectivity index (χ4v) is 3.64. The number of allylic oxidation sites excluding steroid dienone is 1. The Labute approximate surface area is 146 Å². The van der Waals surface area contributed by atoms with Gasteiger partial charge in [0.2, 0.25) is 5.78 Å². The molecule has 3 heterocycles. The van der Waals surface area contributed by atoms with E-state index >= 15 is 0 Å². The van der Waals surface area contributed by atoms with Crippen LogP contribution in [0, 0.1) is 11.8 Å². The van der Waals surface area contributed by atoms with Crippen LogP contribution in [0.1, 0.15) is 33.6 Å². The third kappa shape index (κ3) is 2.90. The summed E-state index contributed by atoms with van der Waals surface area (Å²) in [7, 11) is 0. The molecule has 0 spiro atoms. The molecule has 5 atom stereocenters. The lowest BCUT2D eigenvalue weighted by Gasteiger charge is -2.31. The molecule has 25 heavy (non-hydrogen) atoms. The number of hydrogen-bond acceptors (Lipinski definition) is 6. The maximum atomic E-state index is 12.5. The monoisotopic (exact) mass is 346 g/mol. The summed E-state index contributed by atoms with van der Waals surface area (Å²) >= 11 is 0. The largest absolute Gasteiger partial charge is 0.483 e. The van der Waals surface area contributed by atoms with Crippen LogP contribution < -0.4 is 0 Å². The standard InChI is InChI=1S/C19H22O6/c1-9(2)17(21)24-14-8-19(5)15(20)7-12(25-19)10(3)6-13-16(14)11(4)18(22)23-13/h7,10,13-14,16H,1,4,6,8H2,2-3,5H3/t10-,13-,14-,16-,19-/m1/s1. The summed E-state index contributed by atoms with van der Waals surface area (Å²) in [5.74, 6) is -1.27. The van der Waals surface area contributed by atoms with Gasteiger partial charge in [0.1, 0.15) is 18.0 Å². The van der Waals surface area contributed by atoms with Gasteiger partial charge in [0.05, 0.1) is 5.92 Å². The van der Waals surface area contributed by atoms with Gasteiger partial charge in [0.15, 0.2) is 5.60 Å². The van der Waals surface area contributed by atoms with Gasteiger partial charge in [-0.2, -0.15) is 0 Å². The van der Waals surface area contributed by atoms with Crippen molar-refractivity contribution in [3.63, 3.8) is 0 Å². The number of ether oxygens (including phenoxy) is 3. The third-order valence-electron chi connectivity index (χ3n) is 5.13. The van der Waals surface area contributed by atoms with Crippen LogP contribution in [0.4, 0.5) is 0 Å². The number of rotatable bonds is 2. The quantitative estimate of drug-likeness (QED) is 0.564. The molecule has 2 saturated heterocycles. The summed E-state index contributed by atoms with van der Waals surface area (Å²) < 4.78 is 17.0. The van der Waals surface area contributed by atoms with Crippen molar-refractivity contribution in [2.75, 3.05) is 0 Å². The molecule has 2 fully saturated rings. The summed E-state index contributed by atoms with van der Waals surface area (Å²) in [5.41, 5.74) is -0.632. The highest BCUT2D eigenvalue weighted by molar-refractivity contribution is 5.99. The van der Waals surface area contributed by atoms with Gasteiger partial charge in [-0.1, -0.05) is 20.1 Å². The van der Waals surface area contributed by atoms with Crippen molar-refractivity contribution in [3.8, 4) is 0 Å². The van der Waals surface area contributed by atoms with Gasteiger partial charge in [-0.25, -0.2) is 9.59 Å². The highest BCUT2D eigenvalue weighted by Crippen LogP contribution is 2.44. The van der Waals surface area contributed by atoms with Crippen molar-refractivity contribution in [1.82, 2.24) is 0 Å². The Morgan fingerprint density at radius 3 is 2.72 bits per heavy atom. The molecule has 3 rings (SSSR count). The Morgan fingerprint density at radius 1 is 1.40 bits per heavy atom. The van der Waals surface area contributed by atoms with E-state index < -0.39 is 35.7 Å². The molecule has 0 amide bonds. The molecule has 2 bridgehead atoms. The first-order valence-electron chi connectivity index (χ1n) is 8.33. The van der Waals surface area contributed by atoms with Crippen LogP contribution in [0.5, 0.6) is 0 Å². The summed E-state index contributed by atoms with van der Waals surface area (Å²) in [4.78, 5) is 36.6.